The number of benzene rings is 1. The Hall–Kier alpha value is -1.40. The average molecular weight is 309 g/mol. The Morgan fingerprint density at radius 1 is 1.14 bits per heavy atom. The van der Waals surface area contributed by atoms with Gasteiger partial charge in [-0.15, -0.1) is 0 Å². The van der Waals surface area contributed by atoms with E-state index in [9.17, 15) is 13.2 Å². The first-order chi connectivity index (χ1) is 9.94. The molecule has 0 bridgehead atoms. The van der Waals surface area contributed by atoms with E-state index in [0.717, 1.165) is 30.2 Å². The molecule has 1 fully saturated rings. The van der Waals surface area contributed by atoms with Crippen molar-refractivity contribution in [2.45, 2.75) is 44.4 Å². The number of rotatable bonds is 3. The minimum absolute atomic E-state index is 0.0954. The molecule has 1 aromatic rings. The third kappa shape index (κ3) is 3.11. The highest BCUT2D eigenvalue weighted by Gasteiger charge is 2.35. The third-order valence-electron chi connectivity index (χ3n) is 4.24. The predicted molar refractivity (Wildman–Crippen MR) is 78.3 cm³/mol. The Balaban J connectivity index is 1.63. The van der Waals surface area contributed by atoms with Gasteiger partial charge in [-0.25, -0.2) is 0 Å². The number of hydrogen-bond donors (Lipinski definition) is 0. The van der Waals surface area contributed by atoms with Gasteiger partial charge < -0.3 is 4.90 Å². The Kier molecular flexibility index (Phi) is 3.75. The van der Waals surface area contributed by atoms with Crippen LogP contribution in [0.5, 0.6) is 0 Å². The van der Waals surface area contributed by atoms with Gasteiger partial charge in [0, 0.05) is 18.2 Å². The Morgan fingerprint density at radius 3 is 2.43 bits per heavy atom. The zero-order chi connectivity index (χ0) is 15.0. The van der Waals surface area contributed by atoms with E-state index in [1.54, 1.807) is 0 Å². The van der Waals surface area contributed by atoms with E-state index in [4.69, 9.17) is 4.18 Å². The molecular formula is C15H19NO4S. The molecule has 0 radical (unpaired) electrons. The van der Waals surface area contributed by atoms with Crippen LogP contribution in [-0.2, 0) is 20.8 Å². The normalized spacial score (nSPS) is 26.0. The van der Waals surface area contributed by atoms with Crippen molar-refractivity contribution in [3.05, 3.63) is 35.4 Å². The van der Waals surface area contributed by atoms with Gasteiger partial charge in [0.2, 0.25) is 0 Å². The van der Waals surface area contributed by atoms with Crippen LogP contribution in [0.15, 0.2) is 24.3 Å². The van der Waals surface area contributed by atoms with Gasteiger partial charge in [0.15, 0.2) is 0 Å². The highest BCUT2D eigenvalue weighted by Crippen LogP contribution is 2.32. The molecular weight excluding hydrogens is 290 g/mol. The van der Waals surface area contributed by atoms with Gasteiger partial charge in [-0.05, 0) is 37.3 Å². The molecule has 0 saturated heterocycles. The smallest absolute Gasteiger partial charge is 0.264 e. The van der Waals surface area contributed by atoms with Gasteiger partial charge in [-0.3, -0.25) is 8.98 Å². The summed E-state index contributed by atoms with van der Waals surface area (Å²) in [4.78, 5) is 14.3. The molecule has 0 atom stereocenters. The standard InChI is InChI=1S/C15H19NO4S/c1-21(18,19)20-13-8-6-12(7-9-13)16-10-11-4-2-3-5-14(11)15(16)17/h2-5,12-13H,6-10H2,1H3. The zero-order valence-electron chi connectivity index (χ0n) is 12.0. The van der Waals surface area contributed by atoms with Crippen molar-refractivity contribution < 1.29 is 17.4 Å². The van der Waals surface area contributed by atoms with Crippen LogP contribution in [-0.4, -0.2) is 37.6 Å². The van der Waals surface area contributed by atoms with Crippen molar-refractivity contribution in [1.29, 1.82) is 0 Å². The molecule has 0 spiro atoms. The zero-order valence-corrected chi connectivity index (χ0v) is 12.8. The van der Waals surface area contributed by atoms with Gasteiger partial charge in [0.05, 0.1) is 12.4 Å². The van der Waals surface area contributed by atoms with Gasteiger partial charge in [0.1, 0.15) is 0 Å². The molecule has 1 aliphatic carbocycles. The second-order valence-corrected chi connectivity index (χ2v) is 7.42. The molecule has 1 aliphatic heterocycles. The summed E-state index contributed by atoms with van der Waals surface area (Å²) in [5, 5.41) is 0. The summed E-state index contributed by atoms with van der Waals surface area (Å²) >= 11 is 0. The minimum Gasteiger partial charge on any atom is -0.331 e. The molecule has 1 heterocycles. The van der Waals surface area contributed by atoms with Gasteiger partial charge in [-0.2, -0.15) is 8.42 Å². The molecule has 0 unspecified atom stereocenters. The Morgan fingerprint density at radius 2 is 1.81 bits per heavy atom. The largest absolute Gasteiger partial charge is 0.331 e. The number of carbonyl (C=O) groups excluding carboxylic acids is 1. The van der Waals surface area contributed by atoms with Crippen LogP contribution in [0, 0.1) is 0 Å². The number of amides is 1. The van der Waals surface area contributed by atoms with E-state index in [0.29, 0.717) is 19.4 Å². The molecule has 6 heteroatoms. The molecule has 5 nitrogen and oxygen atoms in total. The predicted octanol–water partition coefficient (Wildman–Crippen LogP) is 1.93. The molecule has 1 saturated carbocycles. The maximum absolute atomic E-state index is 12.4. The van der Waals surface area contributed by atoms with Gasteiger partial charge >= 0.3 is 0 Å². The van der Waals surface area contributed by atoms with Crippen molar-refractivity contribution in [1.82, 2.24) is 4.90 Å². The van der Waals surface area contributed by atoms with E-state index < -0.39 is 10.1 Å². The molecule has 2 aliphatic rings. The second-order valence-electron chi connectivity index (χ2n) is 5.82. The highest BCUT2D eigenvalue weighted by molar-refractivity contribution is 7.86. The molecule has 1 aromatic carbocycles. The summed E-state index contributed by atoms with van der Waals surface area (Å²) in [6, 6.07) is 7.88. The topological polar surface area (TPSA) is 63.7 Å². The fraction of sp³-hybridized carbons (Fsp3) is 0.533. The maximum Gasteiger partial charge on any atom is 0.264 e. The summed E-state index contributed by atoms with van der Waals surface area (Å²) in [5.41, 5.74) is 1.88. The number of hydrogen-bond acceptors (Lipinski definition) is 4. The summed E-state index contributed by atoms with van der Waals surface area (Å²) in [6.45, 7) is 0.664. The van der Waals surface area contributed by atoms with Crippen LogP contribution in [0.1, 0.15) is 41.6 Å². The fourth-order valence-electron chi connectivity index (χ4n) is 3.27. The fourth-order valence-corrected chi connectivity index (χ4v) is 3.96. The Bertz CT molecular complexity index is 647. The van der Waals surface area contributed by atoms with E-state index in [-0.39, 0.29) is 18.1 Å². The lowest BCUT2D eigenvalue weighted by Crippen LogP contribution is -2.40. The minimum atomic E-state index is -3.40. The lowest BCUT2D eigenvalue weighted by Gasteiger charge is -2.34. The lowest BCUT2D eigenvalue weighted by atomic mass is 9.92. The molecule has 114 valence electrons. The maximum atomic E-state index is 12.4. The molecule has 21 heavy (non-hydrogen) atoms. The SMILES string of the molecule is CS(=O)(=O)OC1CCC(N2Cc3ccccc3C2=O)CC1. The number of fused-ring (bicyclic) bond motifs is 1. The van der Waals surface area contributed by atoms with Crippen molar-refractivity contribution in [3.8, 4) is 0 Å². The summed E-state index contributed by atoms with van der Waals surface area (Å²) in [6.07, 6.45) is 3.78. The van der Waals surface area contributed by atoms with Crippen LogP contribution in [0.4, 0.5) is 0 Å². The van der Waals surface area contributed by atoms with Crippen LogP contribution in [0.25, 0.3) is 0 Å². The van der Waals surface area contributed by atoms with Crippen LogP contribution in [0.3, 0.4) is 0 Å². The average Bonchev–Trinajstić information content (AvgIpc) is 2.76. The summed E-state index contributed by atoms with van der Waals surface area (Å²) in [7, 11) is -3.40. The first-order valence-electron chi connectivity index (χ1n) is 7.21. The van der Waals surface area contributed by atoms with E-state index in [1.807, 2.05) is 29.2 Å². The monoisotopic (exact) mass is 309 g/mol. The van der Waals surface area contributed by atoms with E-state index in [1.165, 1.54) is 0 Å². The quantitative estimate of drug-likeness (QED) is 0.800. The van der Waals surface area contributed by atoms with Crippen molar-refractivity contribution in [2.75, 3.05) is 6.26 Å². The van der Waals surface area contributed by atoms with Crippen LogP contribution < -0.4 is 0 Å². The van der Waals surface area contributed by atoms with Crippen molar-refractivity contribution in [3.63, 3.8) is 0 Å². The van der Waals surface area contributed by atoms with Crippen molar-refractivity contribution >= 4 is 16.0 Å². The highest BCUT2D eigenvalue weighted by atomic mass is 32.2. The van der Waals surface area contributed by atoms with Crippen LogP contribution >= 0.6 is 0 Å². The van der Waals surface area contributed by atoms with Gasteiger partial charge in [0.25, 0.3) is 16.0 Å². The van der Waals surface area contributed by atoms with Gasteiger partial charge in [-0.1, -0.05) is 18.2 Å². The summed E-state index contributed by atoms with van der Waals surface area (Å²) < 4.78 is 27.3. The second kappa shape index (κ2) is 5.42. The van der Waals surface area contributed by atoms with Crippen molar-refractivity contribution in [2.24, 2.45) is 0 Å². The van der Waals surface area contributed by atoms with E-state index in [2.05, 4.69) is 0 Å². The lowest BCUT2D eigenvalue weighted by molar-refractivity contribution is 0.0570. The number of nitrogens with zero attached hydrogens (tertiary/aromatic N) is 1. The summed E-state index contributed by atoms with van der Waals surface area (Å²) in [5.74, 6) is 0.0954. The molecule has 3 rings (SSSR count). The first kappa shape index (κ1) is 14.5. The van der Waals surface area contributed by atoms with Crippen LogP contribution in [0.2, 0.25) is 0 Å². The molecule has 1 amide bonds. The third-order valence-corrected chi connectivity index (χ3v) is 4.87. The Labute approximate surface area is 125 Å². The molecule has 0 aromatic heterocycles. The first-order valence-corrected chi connectivity index (χ1v) is 9.03. The number of carbonyl (C=O) groups is 1. The van der Waals surface area contributed by atoms with E-state index >= 15 is 0 Å². The molecule has 0 N–H and O–H groups in total.